The summed E-state index contributed by atoms with van der Waals surface area (Å²) in [5, 5.41) is 26.3. The molecule has 4 fully saturated rings. The Morgan fingerprint density at radius 2 is 1.78 bits per heavy atom. The van der Waals surface area contributed by atoms with Crippen molar-refractivity contribution in [2.24, 2.45) is 11.3 Å². The predicted octanol–water partition coefficient (Wildman–Crippen LogP) is 9.76. The Morgan fingerprint density at radius 1 is 1.03 bits per heavy atom. The standard InChI is InChI=1S/C54H66FN7O10S/c1-32(2)38-9-6-7-10-39(38)44-11-8-20-61(44)36-27-54(28-36)18-21-60(22-19-54)35-12-13-40(46(23-35)72-48-26-41-42(55)29-56-50(41)58-52(48)71-30-33(3)69-5)51(63)59-73(67,68)37-24-45(62(65)66)49-47(25-37)70-31-43(57-49)34-14-16-53(4,64)17-15-34/h6-7,9-10,12-13,23-26,29,32-34,36,43-44,57,64H,8,11,14-22,27-28,30-31H2,1-5H3,(H,56,58)(H,59,63)/t33-,34?,43+,44-,53?/m0/s1. The maximum absolute atomic E-state index is 15.1. The zero-order valence-corrected chi connectivity index (χ0v) is 42.9. The summed E-state index contributed by atoms with van der Waals surface area (Å²) in [6.07, 6.45) is 9.92. The fourth-order valence-corrected chi connectivity index (χ4v) is 12.9. The largest absolute Gasteiger partial charge is 0.489 e. The third kappa shape index (κ3) is 10.3. The van der Waals surface area contributed by atoms with Crippen LogP contribution in [0.4, 0.5) is 21.5 Å². The molecule has 1 spiro atoms. The van der Waals surface area contributed by atoms with Crippen LogP contribution < -0.4 is 29.1 Å². The van der Waals surface area contributed by atoms with Gasteiger partial charge >= 0.3 is 0 Å². The fourth-order valence-electron chi connectivity index (χ4n) is 11.9. The summed E-state index contributed by atoms with van der Waals surface area (Å²) in [6.45, 7) is 10.9. The van der Waals surface area contributed by atoms with Crippen LogP contribution in [-0.4, -0.2) is 103 Å². The number of nitrogens with zero attached hydrogens (tertiary/aromatic N) is 4. The molecule has 19 heteroatoms. The van der Waals surface area contributed by atoms with Crippen molar-refractivity contribution in [3.05, 3.63) is 99.5 Å². The number of nitro benzene ring substituents is 1. The van der Waals surface area contributed by atoms with Gasteiger partial charge in [0.05, 0.1) is 38.5 Å². The first-order chi connectivity index (χ1) is 34.9. The van der Waals surface area contributed by atoms with Crippen molar-refractivity contribution in [1.29, 1.82) is 0 Å². The average Bonchev–Trinajstić information content (AvgIpc) is 4.00. The number of aromatic amines is 1. The van der Waals surface area contributed by atoms with Crippen LogP contribution in [0.3, 0.4) is 0 Å². The van der Waals surface area contributed by atoms with E-state index in [2.05, 4.69) is 67.9 Å². The van der Waals surface area contributed by atoms with E-state index in [9.17, 15) is 28.4 Å². The number of fused-ring (bicyclic) bond motifs is 2. The molecule has 2 saturated carbocycles. The van der Waals surface area contributed by atoms with Crippen molar-refractivity contribution in [2.75, 3.05) is 50.2 Å². The average molecular weight is 1020 g/mol. The third-order valence-electron chi connectivity index (χ3n) is 16.3. The fraction of sp³-hybridized carbons (Fsp3) is 0.519. The van der Waals surface area contributed by atoms with Crippen molar-refractivity contribution in [1.82, 2.24) is 19.6 Å². The number of hydrogen-bond donors (Lipinski definition) is 4. The highest BCUT2D eigenvalue weighted by atomic mass is 32.2. The molecule has 2 aromatic heterocycles. The molecular weight excluding hydrogens is 958 g/mol. The van der Waals surface area contributed by atoms with Gasteiger partial charge in [-0.3, -0.25) is 19.8 Å². The monoisotopic (exact) mass is 1020 g/mol. The number of hydrogen-bond acceptors (Lipinski definition) is 14. The molecule has 4 N–H and O–H groups in total. The Bertz CT molecular complexity index is 2990. The second-order valence-electron chi connectivity index (χ2n) is 21.6. The van der Waals surface area contributed by atoms with Crippen LogP contribution in [0.2, 0.25) is 0 Å². The van der Waals surface area contributed by atoms with E-state index in [1.807, 2.05) is 0 Å². The number of piperidine rings is 1. The maximum atomic E-state index is 15.1. The van der Waals surface area contributed by atoms with Gasteiger partial charge in [0.25, 0.3) is 27.5 Å². The lowest BCUT2D eigenvalue weighted by Gasteiger charge is -2.56. The molecule has 1 amide bonds. The number of pyridine rings is 1. The van der Waals surface area contributed by atoms with Gasteiger partial charge in [-0.1, -0.05) is 38.1 Å². The normalized spacial score (nSPS) is 23.6. The Labute approximate surface area is 425 Å². The summed E-state index contributed by atoms with van der Waals surface area (Å²) in [7, 11) is -3.25. The van der Waals surface area contributed by atoms with Gasteiger partial charge in [-0.25, -0.2) is 17.5 Å². The molecule has 5 aromatic rings. The Kier molecular flexibility index (Phi) is 13.8. The van der Waals surface area contributed by atoms with E-state index in [4.69, 9.17) is 18.9 Å². The number of aliphatic hydroxyl groups is 1. The molecule has 0 unspecified atom stereocenters. The number of ether oxygens (including phenoxy) is 4. The van der Waals surface area contributed by atoms with Gasteiger partial charge in [-0.05, 0) is 125 Å². The van der Waals surface area contributed by atoms with Gasteiger partial charge in [-0.2, -0.15) is 4.98 Å². The number of rotatable bonds is 15. The topological polar surface area (TPSA) is 211 Å². The van der Waals surface area contributed by atoms with Crippen LogP contribution in [0.15, 0.2) is 71.8 Å². The SMILES string of the molecule is CO[C@@H](C)COc1nc2[nH]cc(F)c2cc1Oc1cc(N2CCC3(CC2)CC(N2CCC[C@H]2c2ccccc2C(C)C)C3)ccc1C(=O)NS(=O)(=O)c1cc2c(c([N+](=O)[O-])c1)N[C@@H](C1CCC(C)(O)CC1)CO2. The molecular formula is C54H66FN7O10S. The summed E-state index contributed by atoms with van der Waals surface area (Å²) >= 11 is 0. The van der Waals surface area contributed by atoms with E-state index in [0.29, 0.717) is 43.7 Å². The molecule has 10 rings (SSSR count). The van der Waals surface area contributed by atoms with Crippen LogP contribution in [0, 0.1) is 27.3 Å². The van der Waals surface area contributed by atoms with E-state index in [1.165, 1.54) is 43.2 Å². The highest BCUT2D eigenvalue weighted by Gasteiger charge is 2.50. The second kappa shape index (κ2) is 20.0. The number of amides is 1. The first-order valence-corrected chi connectivity index (χ1v) is 27.1. The highest BCUT2D eigenvalue weighted by molar-refractivity contribution is 7.90. The van der Waals surface area contributed by atoms with Gasteiger partial charge in [0.1, 0.15) is 30.4 Å². The van der Waals surface area contributed by atoms with Crippen molar-refractivity contribution < 1.29 is 46.6 Å². The lowest BCUT2D eigenvalue weighted by molar-refractivity contribution is -0.384. The van der Waals surface area contributed by atoms with Gasteiger partial charge in [0.2, 0.25) is 0 Å². The number of methoxy groups -OCH3 is 1. The van der Waals surface area contributed by atoms with E-state index < -0.39 is 42.9 Å². The van der Waals surface area contributed by atoms with E-state index in [0.717, 1.165) is 69.3 Å². The van der Waals surface area contributed by atoms with Gasteiger partial charge in [0.15, 0.2) is 17.2 Å². The minimum atomic E-state index is -4.78. The summed E-state index contributed by atoms with van der Waals surface area (Å²) in [6, 6.07) is 17.9. The van der Waals surface area contributed by atoms with Crippen molar-refractivity contribution in [2.45, 2.75) is 133 Å². The summed E-state index contributed by atoms with van der Waals surface area (Å²) < 4.78 is 69.4. The molecule has 0 radical (unpaired) electrons. The van der Waals surface area contributed by atoms with E-state index >= 15 is 4.39 Å². The third-order valence-corrected chi connectivity index (χ3v) is 17.6. The predicted molar refractivity (Wildman–Crippen MR) is 274 cm³/mol. The van der Waals surface area contributed by atoms with Crippen molar-refractivity contribution in [3.63, 3.8) is 0 Å². The van der Waals surface area contributed by atoms with Gasteiger partial charge in [-0.15, -0.1) is 0 Å². The number of sulfonamides is 1. The van der Waals surface area contributed by atoms with Crippen LogP contribution in [-0.2, 0) is 14.8 Å². The summed E-state index contributed by atoms with van der Waals surface area (Å²) in [4.78, 5) is 37.9. The molecule has 17 nitrogen and oxygen atoms in total. The Balaban J connectivity index is 0.904. The van der Waals surface area contributed by atoms with E-state index in [-0.39, 0.29) is 82.1 Å². The Hall–Kier alpha value is -6.02. The number of carbonyl (C=O) groups is 1. The zero-order chi connectivity index (χ0) is 51.4. The number of carbonyl (C=O) groups excluding carboxylic acids is 1. The molecule has 5 aliphatic rings. The number of aromatic nitrogens is 2. The number of anilines is 2. The Morgan fingerprint density at radius 3 is 2.51 bits per heavy atom. The van der Waals surface area contributed by atoms with Crippen LogP contribution in [0.25, 0.3) is 11.0 Å². The molecule has 73 heavy (non-hydrogen) atoms. The summed E-state index contributed by atoms with van der Waals surface area (Å²) in [5.74, 6) is -1.31. The highest BCUT2D eigenvalue weighted by Crippen LogP contribution is 2.54. The molecule has 0 bridgehead atoms. The minimum absolute atomic E-state index is 0.0254. The van der Waals surface area contributed by atoms with Gasteiger partial charge in [0, 0.05) is 68.4 Å². The molecule has 3 atom stereocenters. The molecule has 390 valence electrons. The number of nitro groups is 1. The quantitative estimate of drug-likeness (QED) is 0.0568. The van der Waals surface area contributed by atoms with Gasteiger partial charge < -0.3 is 39.3 Å². The molecule has 2 aliphatic carbocycles. The number of nitrogens with one attached hydrogen (secondary N) is 3. The smallest absolute Gasteiger partial charge is 0.297 e. The van der Waals surface area contributed by atoms with Crippen LogP contribution in [0.5, 0.6) is 23.1 Å². The first-order valence-electron chi connectivity index (χ1n) is 25.7. The lowest BCUT2D eigenvalue weighted by Crippen LogP contribution is -2.54. The molecule has 3 aliphatic heterocycles. The number of benzene rings is 3. The number of H-pyrrole nitrogens is 1. The molecule has 3 aromatic carbocycles. The summed E-state index contributed by atoms with van der Waals surface area (Å²) in [5.41, 5.74) is 2.59. The van der Waals surface area contributed by atoms with Crippen molar-refractivity contribution >= 4 is 44.0 Å². The van der Waals surface area contributed by atoms with Crippen molar-refractivity contribution in [3.8, 4) is 23.1 Å². The second-order valence-corrected chi connectivity index (χ2v) is 23.3. The number of halogens is 1. The molecule has 2 saturated heterocycles. The van der Waals surface area contributed by atoms with Crippen LogP contribution >= 0.6 is 0 Å². The maximum Gasteiger partial charge on any atom is 0.297 e. The number of likely N-dealkylation sites (tertiary alicyclic amines) is 1. The lowest BCUT2D eigenvalue weighted by atomic mass is 9.59. The van der Waals surface area contributed by atoms with E-state index in [1.54, 1.807) is 26.0 Å². The zero-order valence-electron chi connectivity index (χ0n) is 42.1. The minimum Gasteiger partial charge on any atom is -0.489 e. The first kappa shape index (κ1) is 50.5. The molecule has 5 heterocycles. The van der Waals surface area contributed by atoms with Crippen LogP contribution in [0.1, 0.15) is 125 Å².